The predicted molar refractivity (Wildman–Crippen MR) is 66.3 cm³/mol. The summed E-state index contributed by atoms with van der Waals surface area (Å²) >= 11 is 11.5. The van der Waals surface area contributed by atoms with E-state index in [-0.39, 0.29) is 0 Å². The fourth-order valence-electron chi connectivity index (χ4n) is 1.66. The van der Waals surface area contributed by atoms with Gasteiger partial charge in [-0.3, -0.25) is 4.90 Å². The molecule has 0 atom stereocenters. The lowest BCUT2D eigenvalue weighted by atomic mass is 10.1. The number of halogens is 2. The van der Waals surface area contributed by atoms with E-state index in [1.165, 1.54) is 18.4 Å². The highest BCUT2D eigenvalue weighted by Gasteiger charge is 2.14. The molecule has 0 spiro atoms. The van der Waals surface area contributed by atoms with Gasteiger partial charge in [0.25, 0.3) is 0 Å². The molecule has 0 heterocycles. The summed E-state index contributed by atoms with van der Waals surface area (Å²) in [4.78, 5) is 2.40. The van der Waals surface area contributed by atoms with E-state index in [2.05, 4.69) is 25.7 Å². The minimum absolute atomic E-state index is 0.625. The van der Waals surface area contributed by atoms with E-state index in [0.717, 1.165) is 13.1 Å². The summed E-state index contributed by atoms with van der Waals surface area (Å²) < 4.78 is 0. The molecule has 0 saturated carbocycles. The third-order valence-electron chi connectivity index (χ3n) is 2.47. The molecule has 0 aromatic rings. The monoisotopic (exact) mass is 237 g/mol. The Morgan fingerprint density at radius 3 is 2.29 bits per heavy atom. The molecule has 0 aromatic carbocycles. The van der Waals surface area contributed by atoms with Gasteiger partial charge >= 0.3 is 0 Å². The highest BCUT2D eigenvalue weighted by Crippen LogP contribution is 2.11. The molecule has 0 saturated heterocycles. The predicted octanol–water partition coefficient (Wildman–Crippen LogP) is 3.86. The van der Waals surface area contributed by atoms with Crippen LogP contribution in [0.15, 0.2) is 11.1 Å². The highest BCUT2D eigenvalue weighted by molar-refractivity contribution is 6.25. The first-order valence-corrected chi connectivity index (χ1v) is 6.22. The van der Waals surface area contributed by atoms with Gasteiger partial charge in [0, 0.05) is 30.5 Å². The molecule has 1 nitrogen and oxygen atoms in total. The van der Waals surface area contributed by atoms with Crippen LogP contribution in [0.2, 0.25) is 0 Å². The zero-order valence-electron chi connectivity index (χ0n) is 9.39. The average molecular weight is 238 g/mol. The minimum atomic E-state index is 0.625. The molecule has 84 valence electrons. The third kappa shape index (κ3) is 5.23. The van der Waals surface area contributed by atoms with E-state index in [1.807, 2.05) is 0 Å². The van der Waals surface area contributed by atoms with Crippen LogP contribution in [0.25, 0.3) is 0 Å². The second kappa shape index (κ2) is 8.58. The SMILES string of the molecule is CCC(CC)N(CCCl)CC(C)=CCl. The fourth-order valence-corrected chi connectivity index (χ4v) is 1.95. The summed E-state index contributed by atoms with van der Waals surface area (Å²) in [5.74, 6) is 0.687. The van der Waals surface area contributed by atoms with Gasteiger partial charge in [-0.2, -0.15) is 0 Å². The summed E-state index contributed by atoms with van der Waals surface area (Å²) in [5, 5.41) is 0. The van der Waals surface area contributed by atoms with Crippen molar-refractivity contribution in [2.75, 3.05) is 19.0 Å². The third-order valence-corrected chi connectivity index (χ3v) is 3.01. The van der Waals surface area contributed by atoms with Gasteiger partial charge in [0.15, 0.2) is 0 Å². The second-order valence-corrected chi connectivity index (χ2v) is 4.18. The normalized spacial score (nSPS) is 12.9. The van der Waals surface area contributed by atoms with Crippen molar-refractivity contribution in [3.05, 3.63) is 11.1 Å². The van der Waals surface area contributed by atoms with Crippen molar-refractivity contribution in [1.29, 1.82) is 0 Å². The van der Waals surface area contributed by atoms with Gasteiger partial charge in [-0.1, -0.05) is 25.4 Å². The maximum absolute atomic E-state index is 5.79. The van der Waals surface area contributed by atoms with Crippen molar-refractivity contribution < 1.29 is 0 Å². The molecule has 3 heteroatoms. The lowest BCUT2D eigenvalue weighted by molar-refractivity contribution is 0.213. The maximum atomic E-state index is 5.79. The molecule has 0 bridgehead atoms. The summed E-state index contributed by atoms with van der Waals surface area (Å²) in [6.07, 6.45) is 2.34. The van der Waals surface area contributed by atoms with Crippen LogP contribution < -0.4 is 0 Å². The van der Waals surface area contributed by atoms with Crippen LogP contribution in [0.4, 0.5) is 0 Å². The molecule has 0 fully saturated rings. The summed E-state index contributed by atoms with van der Waals surface area (Å²) in [7, 11) is 0. The molecular weight excluding hydrogens is 217 g/mol. The zero-order chi connectivity index (χ0) is 11.0. The van der Waals surface area contributed by atoms with Crippen LogP contribution >= 0.6 is 23.2 Å². The Morgan fingerprint density at radius 2 is 1.93 bits per heavy atom. The molecule has 0 aromatic heterocycles. The van der Waals surface area contributed by atoms with Crippen molar-refractivity contribution >= 4 is 23.2 Å². The standard InChI is InChI=1S/C11H21Cl2N/c1-4-11(5-2)14(7-6-12)9-10(3)8-13/h8,11H,4-7,9H2,1-3H3. The molecule has 0 aliphatic rings. The van der Waals surface area contributed by atoms with Crippen LogP contribution in [0, 0.1) is 0 Å². The fraction of sp³-hybridized carbons (Fsp3) is 0.818. The lowest BCUT2D eigenvalue weighted by Gasteiger charge is -2.29. The average Bonchev–Trinajstić information content (AvgIpc) is 2.19. The smallest absolute Gasteiger partial charge is 0.0351 e. The topological polar surface area (TPSA) is 3.24 Å². The quantitative estimate of drug-likeness (QED) is 0.609. The van der Waals surface area contributed by atoms with E-state index < -0.39 is 0 Å². The highest BCUT2D eigenvalue weighted by atomic mass is 35.5. The first kappa shape index (κ1) is 14.3. The molecule has 0 aliphatic heterocycles. The van der Waals surface area contributed by atoms with Crippen LogP contribution in [0.5, 0.6) is 0 Å². The number of hydrogen-bond donors (Lipinski definition) is 0. The number of alkyl halides is 1. The minimum Gasteiger partial charge on any atom is -0.295 e. The maximum Gasteiger partial charge on any atom is 0.0351 e. The van der Waals surface area contributed by atoms with Crippen molar-refractivity contribution in [3.8, 4) is 0 Å². The Labute approximate surface area is 98.1 Å². The second-order valence-electron chi connectivity index (χ2n) is 3.59. The first-order chi connectivity index (χ1) is 6.69. The van der Waals surface area contributed by atoms with Gasteiger partial charge in [0.1, 0.15) is 0 Å². The van der Waals surface area contributed by atoms with Gasteiger partial charge in [0.2, 0.25) is 0 Å². The van der Waals surface area contributed by atoms with Crippen LogP contribution in [-0.2, 0) is 0 Å². The van der Waals surface area contributed by atoms with Crippen LogP contribution in [0.3, 0.4) is 0 Å². The Bertz CT molecular complexity index is 165. The Morgan fingerprint density at radius 1 is 1.36 bits per heavy atom. The molecular formula is C11H21Cl2N. The molecule has 0 unspecified atom stereocenters. The molecule has 0 N–H and O–H groups in total. The van der Waals surface area contributed by atoms with Gasteiger partial charge in [-0.05, 0) is 25.3 Å². The molecule has 0 aliphatic carbocycles. The number of nitrogens with zero attached hydrogens (tertiary/aromatic N) is 1. The summed E-state index contributed by atoms with van der Waals surface area (Å²) in [5.41, 5.74) is 2.85. The van der Waals surface area contributed by atoms with Crippen molar-refractivity contribution in [2.45, 2.75) is 39.7 Å². The van der Waals surface area contributed by atoms with E-state index in [9.17, 15) is 0 Å². The van der Waals surface area contributed by atoms with Gasteiger partial charge in [0.05, 0.1) is 0 Å². The molecule has 0 radical (unpaired) electrons. The van der Waals surface area contributed by atoms with E-state index >= 15 is 0 Å². The van der Waals surface area contributed by atoms with Gasteiger partial charge < -0.3 is 0 Å². The van der Waals surface area contributed by atoms with E-state index in [0.29, 0.717) is 11.9 Å². The Balaban J connectivity index is 4.25. The first-order valence-electron chi connectivity index (χ1n) is 5.25. The largest absolute Gasteiger partial charge is 0.295 e. The Kier molecular flexibility index (Phi) is 8.75. The number of rotatable bonds is 7. The van der Waals surface area contributed by atoms with Crippen molar-refractivity contribution in [1.82, 2.24) is 4.90 Å². The van der Waals surface area contributed by atoms with Crippen LogP contribution in [0.1, 0.15) is 33.6 Å². The molecule has 14 heavy (non-hydrogen) atoms. The molecule has 0 amide bonds. The van der Waals surface area contributed by atoms with Crippen molar-refractivity contribution in [3.63, 3.8) is 0 Å². The summed E-state index contributed by atoms with van der Waals surface area (Å²) in [6, 6.07) is 0.625. The van der Waals surface area contributed by atoms with E-state index in [4.69, 9.17) is 23.2 Å². The summed E-state index contributed by atoms with van der Waals surface area (Å²) in [6.45, 7) is 8.36. The lowest BCUT2D eigenvalue weighted by Crippen LogP contribution is -2.37. The van der Waals surface area contributed by atoms with Crippen LogP contribution in [-0.4, -0.2) is 29.9 Å². The van der Waals surface area contributed by atoms with Gasteiger partial charge in [-0.25, -0.2) is 0 Å². The number of hydrogen-bond acceptors (Lipinski definition) is 1. The zero-order valence-corrected chi connectivity index (χ0v) is 10.9. The Hall–Kier alpha value is 0.280. The van der Waals surface area contributed by atoms with Gasteiger partial charge in [-0.15, -0.1) is 11.6 Å². The van der Waals surface area contributed by atoms with Crippen molar-refractivity contribution in [2.24, 2.45) is 0 Å². The molecule has 0 rings (SSSR count). The van der Waals surface area contributed by atoms with E-state index in [1.54, 1.807) is 5.54 Å².